The number of rotatable bonds is 8. The highest BCUT2D eigenvalue weighted by Crippen LogP contribution is 2.34. The van der Waals surface area contributed by atoms with Crippen molar-refractivity contribution in [2.24, 2.45) is 0 Å². The Morgan fingerprint density at radius 2 is 1.62 bits per heavy atom. The highest BCUT2D eigenvalue weighted by atomic mass is 127. The zero-order valence-corrected chi connectivity index (χ0v) is 18.9. The first-order chi connectivity index (χ1) is 15.4. The average Bonchev–Trinajstić information content (AvgIpc) is 2.78. The van der Waals surface area contributed by atoms with E-state index in [1.807, 2.05) is 12.1 Å². The van der Waals surface area contributed by atoms with Gasteiger partial charge in [-0.25, -0.2) is 9.59 Å². The quantitative estimate of drug-likeness (QED) is 0.260. The summed E-state index contributed by atoms with van der Waals surface area (Å²) >= 11 is 2.07. The number of benzene rings is 3. The summed E-state index contributed by atoms with van der Waals surface area (Å²) in [6, 6.07) is 22.2. The molecule has 0 bridgehead atoms. The van der Waals surface area contributed by atoms with Gasteiger partial charge in [-0.15, -0.1) is 0 Å². The van der Waals surface area contributed by atoms with Gasteiger partial charge in [0.25, 0.3) is 0 Å². The van der Waals surface area contributed by atoms with Crippen molar-refractivity contribution in [3.8, 4) is 11.5 Å². The second kappa shape index (κ2) is 11.2. The van der Waals surface area contributed by atoms with E-state index in [1.165, 1.54) is 12.1 Å². The fraction of sp³-hybridized carbons (Fsp3) is 0.0833. The van der Waals surface area contributed by atoms with Gasteiger partial charge >= 0.3 is 12.1 Å². The van der Waals surface area contributed by atoms with Crippen LogP contribution in [0.1, 0.15) is 11.7 Å². The van der Waals surface area contributed by atoms with Crippen molar-refractivity contribution in [1.82, 2.24) is 0 Å². The maximum Gasteiger partial charge on any atom is 0.412 e. The van der Waals surface area contributed by atoms with Crippen molar-refractivity contribution in [2.45, 2.75) is 12.2 Å². The molecule has 0 aliphatic rings. The third-order valence-electron chi connectivity index (χ3n) is 4.29. The molecule has 3 rings (SSSR count). The van der Waals surface area contributed by atoms with Crippen molar-refractivity contribution >= 4 is 40.3 Å². The molecular weight excluding hydrogens is 525 g/mol. The summed E-state index contributed by atoms with van der Waals surface area (Å²) in [5.74, 6) is -0.867. The Balaban J connectivity index is 1.97. The molecule has 0 spiro atoms. The van der Waals surface area contributed by atoms with Gasteiger partial charge in [0.1, 0.15) is 11.5 Å². The molecule has 3 aromatic rings. The van der Waals surface area contributed by atoms with Gasteiger partial charge in [-0.05, 0) is 71.1 Å². The number of carbonyl (C=O) groups is 2. The molecule has 3 aromatic carbocycles. The highest BCUT2D eigenvalue weighted by molar-refractivity contribution is 14.1. The lowest BCUT2D eigenvalue weighted by Gasteiger charge is -2.27. The molecule has 32 heavy (non-hydrogen) atoms. The van der Waals surface area contributed by atoms with Crippen LogP contribution >= 0.6 is 22.6 Å². The molecule has 8 heteroatoms. The number of anilines is 1. The van der Waals surface area contributed by atoms with Crippen LogP contribution in [0.5, 0.6) is 11.5 Å². The van der Waals surface area contributed by atoms with Crippen molar-refractivity contribution < 1.29 is 29.3 Å². The molecule has 0 aromatic heterocycles. The fourth-order valence-corrected chi connectivity index (χ4v) is 3.40. The second-order valence-electron chi connectivity index (χ2n) is 6.61. The summed E-state index contributed by atoms with van der Waals surface area (Å²) in [6.45, 7) is 0. The number of carbonyl (C=O) groups excluding carboxylic acids is 1. The molecule has 2 atom stereocenters. The normalized spacial score (nSPS) is 12.7. The Labute approximate surface area is 198 Å². The summed E-state index contributed by atoms with van der Waals surface area (Å²) in [7, 11) is 0. The van der Waals surface area contributed by atoms with Crippen molar-refractivity contribution in [3.05, 3.63) is 100 Å². The number of carboxylic acids is 1. The maximum absolute atomic E-state index is 12.7. The van der Waals surface area contributed by atoms with Gasteiger partial charge in [0.15, 0.2) is 12.2 Å². The minimum absolute atomic E-state index is 0.117. The van der Waals surface area contributed by atoms with Crippen LogP contribution in [-0.4, -0.2) is 28.4 Å². The Morgan fingerprint density at radius 3 is 2.28 bits per heavy atom. The van der Waals surface area contributed by atoms with E-state index in [0.717, 1.165) is 9.65 Å². The van der Waals surface area contributed by atoms with Crippen LogP contribution in [-0.2, 0) is 9.53 Å². The third kappa shape index (κ3) is 6.74. The molecule has 0 radical (unpaired) electrons. The van der Waals surface area contributed by atoms with Crippen LogP contribution in [0.4, 0.5) is 10.5 Å². The van der Waals surface area contributed by atoms with Crippen LogP contribution in [0.2, 0.25) is 0 Å². The van der Waals surface area contributed by atoms with Crippen LogP contribution in [0, 0.1) is 3.57 Å². The van der Waals surface area contributed by atoms with Crippen LogP contribution in [0.15, 0.2) is 91.0 Å². The van der Waals surface area contributed by atoms with E-state index in [4.69, 9.17) is 14.6 Å². The van der Waals surface area contributed by atoms with E-state index in [0.29, 0.717) is 11.4 Å². The molecule has 0 saturated heterocycles. The zero-order valence-electron chi connectivity index (χ0n) is 16.7. The number of phenolic OH excluding ortho intramolecular Hbond substituents is 1. The predicted octanol–water partition coefficient (Wildman–Crippen LogP) is 5.38. The summed E-state index contributed by atoms with van der Waals surface area (Å²) in [6.07, 6.45) is -0.799. The predicted molar refractivity (Wildman–Crippen MR) is 128 cm³/mol. The lowest BCUT2D eigenvalue weighted by molar-refractivity contribution is -0.131. The molecule has 7 nitrogen and oxygen atoms in total. The molecule has 0 unspecified atom stereocenters. The number of phenols is 1. The molecule has 3 N–H and O–H groups in total. The van der Waals surface area contributed by atoms with Gasteiger partial charge in [-0.3, -0.25) is 5.32 Å². The molecule has 0 saturated carbocycles. The van der Waals surface area contributed by atoms with E-state index < -0.39 is 24.3 Å². The number of hydrogen-bond donors (Lipinski definition) is 3. The van der Waals surface area contributed by atoms with E-state index in [-0.39, 0.29) is 11.3 Å². The Kier molecular flexibility index (Phi) is 8.09. The number of carboxylic acid groups (broad SMARTS) is 1. The monoisotopic (exact) mass is 545 g/mol. The number of ether oxygens (including phenoxy) is 2. The first-order valence-electron chi connectivity index (χ1n) is 9.56. The number of aromatic hydroxyl groups is 1. The topological polar surface area (TPSA) is 105 Å². The van der Waals surface area contributed by atoms with Crippen LogP contribution in [0.25, 0.3) is 0 Å². The Bertz CT molecular complexity index is 1090. The number of para-hydroxylation sites is 2. The zero-order chi connectivity index (χ0) is 22.9. The third-order valence-corrected chi connectivity index (χ3v) is 4.96. The highest BCUT2D eigenvalue weighted by Gasteiger charge is 2.30. The van der Waals surface area contributed by atoms with Gasteiger partial charge in [0, 0.05) is 20.9 Å². The SMILES string of the molecule is O=C(O)/C=C/[C@H](Oc1ccccc1)[C@@H](OC(=O)Nc1ccccc1)c1cc(I)ccc1O. The first-order valence-corrected chi connectivity index (χ1v) is 10.6. The van der Waals surface area contributed by atoms with Crippen LogP contribution < -0.4 is 10.1 Å². The van der Waals surface area contributed by atoms with E-state index in [2.05, 4.69) is 27.9 Å². The molecule has 0 heterocycles. The van der Waals surface area contributed by atoms with Crippen LogP contribution in [0.3, 0.4) is 0 Å². The lowest BCUT2D eigenvalue weighted by atomic mass is 10.0. The molecule has 164 valence electrons. The number of hydrogen-bond acceptors (Lipinski definition) is 5. The summed E-state index contributed by atoms with van der Waals surface area (Å²) < 4.78 is 12.4. The van der Waals surface area contributed by atoms with Gasteiger partial charge in [-0.1, -0.05) is 36.4 Å². The number of amides is 1. The van der Waals surface area contributed by atoms with Crippen molar-refractivity contribution in [2.75, 3.05) is 5.32 Å². The van der Waals surface area contributed by atoms with Gasteiger partial charge < -0.3 is 19.7 Å². The summed E-state index contributed by atoms with van der Waals surface area (Å²) in [5.41, 5.74) is 0.792. The van der Waals surface area contributed by atoms with Gasteiger partial charge in [-0.2, -0.15) is 0 Å². The van der Waals surface area contributed by atoms with E-state index in [9.17, 15) is 14.7 Å². The maximum atomic E-state index is 12.7. The Morgan fingerprint density at radius 1 is 0.969 bits per heavy atom. The second-order valence-corrected chi connectivity index (χ2v) is 7.86. The average molecular weight is 545 g/mol. The summed E-state index contributed by atoms with van der Waals surface area (Å²) in [5, 5.41) is 22.3. The molecule has 0 aliphatic heterocycles. The number of aliphatic carboxylic acids is 1. The number of halogens is 1. The molecule has 1 amide bonds. The van der Waals surface area contributed by atoms with Crippen molar-refractivity contribution in [1.29, 1.82) is 0 Å². The van der Waals surface area contributed by atoms with Crippen molar-refractivity contribution in [3.63, 3.8) is 0 Å². The standard InChI is InChI=1S/C24H20INO6/c25-16-11-12-20(27)19(15-16)23(32-24(30)26-17-7-3-1-4-8-17)21(13-14-22(28)29)31-18-9-5-2-6-10-18/h1-15,21,23,27H,(H,26,30)(H,28,29)/b14-13+/t21-,23-/m0/s1. The number of nitrogens with one attached hydrogen (secondary N) is 1. The lowest BCUT2D eigenvalue weighted by Crippen LogP contribution is -2.30. The molecule has 0 fully saturated rings. The first kappa shape index (κ1) is 23.1. The molecular formula is C24H20INO6. The minimum atomic E-state index is -1.19. The fourth-order valence-electron chi connectivity index (χ4n) is 2.88. The van der Waals surface area contributed by atoms with E-state index >= 15 is 0 Å². The smallest absolute Gasteiger partial charge is 0.412 e. The molecule has 0 aliphatic carbocycles. The largest absolute Gasteiger partial charge is 0.508 e. The van der Waals surface area contributed by atoms with E-state index in [1.54, 1.807) is 60.7 Å². The minimum Gasteiger partial charge on any atom is -0.508 e. The van der Waals surface area contributed by atoms with Gasteiger partial charge in [0.2, 0.25) is 0 Å². The Hall–Kier alpha value is -3.53. The summed E-state index contributed by atoms with van der Waals surface area (Å²) in [4.78, 5) is 23.9. The van der Waals surface area contributed by atoms with Gasteiger partial charge in [0.05, 0.1) is 0 Å².